The standard InChI is InChI=1S/C13H20N4O/c1-6-17(8-9(2)7-14)13(18)12-10(3)15-16(5)11(12)4/h9H,6,8H2,1-5H3. The largest absolute Gasteiger partial charge is 0.338 e. The normalized spacial score (nSPS) is 12.0. The quantitative estimate of drug-likeness (QED) is 0.814. The third-order valence-electron chi connectivity index (χ3n) is 3.11. The highest BCUT2D eigenvalue weighted by atomic mass is 16.2. The zero-order chi connectivity index (χ0) is 13.9. The minimum absolute atomic E-state index is 0.0392. The van der Waals surface area contributed by atoms with Crippen LogP contribution in [-0.2, 0) is 7.05 Å². The first-order valence-electron chi connectivity index (χ1n) is 6.11. The molecule has 0 radical (unpaired) electrons. The number of carbonyl (C=O) groups excluding carboxylic acids is 1. The van der Waals surface area contributed by atoms with E-state index in [0.717, 1.165) is 11.4 Å². The molecule has 0 saturated carbocycles. The highest BCUT2D eigenvalue weighted by Gasteiger charge is 2.23. The molecule has 5 heteroatoms. The number of carbonyl (C=O) groups is 1. The maximum atomic E-state index is 12.4. The Morgan fingerprint density at radius 2 is 2.17 bits per heavy atom. The summed E-state index contributed by atoms with van der Waals surface area (Å²) in [5.74, 6) is -0.200. The van der Waals surface area contributed by atoms with Crippen LogP contribution < -0.4 is 0 Å². The molecule has 0 aliphatic rings. The van der Waals surface area contributed by atoms with Gasteiger partial charge in [-0.25, -0.2) is 0 Å². The Balaban J connectivity index is 3.01. The van der Waals surface area contributed by atoms with Gasteiger partial charge in [-0.05, 0) is 27.7 Å². The van der Waals surface area contributed by atoms with E-state index in [1.54, 1.807) is 9.58 Å². The van der Waals surface area contributed by atoms with Crippen molar-refractivity contribution >= 4 is 5.91 Å². The summed E-state index contributed by atoms with van der Waals surface area (Å²) in [5, 5.41) is 13.1. The SMILES string of the molecule is CCN(CC(C)C#N)C(=O)c1c(C)nn(C)c1C. The number of amides is 1. The lowest BCUT2D eigenvalue weighted by Crippen LogP contribution is -2.35. The third kappa shape index (κ3) is 2.70. The second-order valence-corrected chi connectivity index (χ2v) is 4.54. The van der Waals surface area contributed by atoms with Gasteiger partial charge in [0.2, 0.25) is 0 Å². The summed E-state index contributed by atoms with van der Waals surface area (Å²) in [7, 11) is 1.83. The van der Waals surface area contributed by atoms with Crippen molar-refractivity contribution in [3.05, 3.63) is 17.0 Å². The van der Waals surface area contributed by atoms with E-state index in [9.17, 15) is 4.79 Å². The molecule has 5 nitrogen and oxygen atoms in total. The molecule has 1 heterocycles. The van der Waals surface area contributed by atoms with Crippen LogP contribution in [0.25, 0.3) is 0 Å². The van der Waals surface area contributed by atoms with Crippen molar-refractivity contribution in [1.82, 2.24) is 14.7 Å². The molecule has 1 atom stereocenters. The van der Waals surface area contributed by atoms with Gasteiger partial charge in [-0.3, -0.25) is 9.48 Å². The van der Waals surface area contributed by atoms with Gasteiger partial charge in [-0.15, -0.1) is 0 Å². The monoisotopic (exact) mass is 248 g/mol. The fourth-order valence-electron chi connectivity index (χ4n) is 1.97. The van der Waals surface area contributed by atoms with E-state index in [-0.39, 0.29) is 11.8 Å². The van der Waals surface area contributed by atoms with Gasteiger partial charge in [-0.1, -0.05) is 0 Å². The van der Waals surface area contributed by atoms with Crippen LogP contribution in [0.3, 0.4) is 0 Å². The van der Waals surface area contributed by atoms with Gasteiger partial charge in [0.1, 0.15) is 0 Å². The van der Waals surface area contributed by atoms with Gasteiger partial charge < -0.3 is 4.90 Å². The first-order chi connectivity index (χ1) is 8.42. The van der Waals surface area contributed by atoms with Crippen molar-refractivity contribution in [2.75, 3.05) is 13.1 Å². The minimum atomic E-state index is -0.161. The zero-order valence-electron chi connectivity index (χ0n) is 11.7. The maximum Gasteiger partial charge on any atom is 0.257 e. The molecule has 18 heavy (non-hydrogen) atoms. The number of aromatic nitrogens is 2. The van der Waals surface area contributed by atoms with Crippen molar-refractivity contribution in [3.8, 4) is 6.07 Å². The molecule has 0 bridgehead atoms. The molecular weight excluding hydrogens is 228 g/mol. The molecule has 1 unspecified atom stereocenters. The second kappa shape index (κ2) is 5.67. The lowest BCUT2D eigenvalue weighted by Gasteiger charge is -2.22. The zero-order valence-corrected chi connectivity index (χ0v) is 11.7. The fourth-order valence-corrected chi connectivity index (χ4v) is 1.97. The molecule has 1 aromatic rings. The van der Waals surface area contributed by atoms with E-state index < -0.39 is 0 Å². The van der Waals surface area contributed by atoms with Crippen molar-refractivity contribution < 1.29 is 4.79 Å². The van der Waals surface area contributed by atoms with E-state index in [2.05, 4.69) is 11.2 Å². The van der Waals surface area contributed by atoms with Crippen LogP contribution in [0.1, 0.15) is 35.6 Å². The summed E-state index contributed by atoms with van der Waals surface area (Å²) in [5.41, 5.74) is 2.26. The number of hydrogen-bond acceptors (Lipinski definition) is 3. The molecule has 1 amide bonds. The van der Waals surface area contributed by atoms with Crippen LogP contribution in [0.5, 0.6) is 0 Å². The Morgan fingerprint density at radius 1 is 1.56 bits per heavy atom. The molecule has 1 rings (SSSR count). The van der Waals surface area contributed by atoms with E-state index in [1.165, 1.54) is 0 Å². The predicted molar refractivity (Wildman–Crippen MR) is 69.0 cm³/mol. The smallest absolute Gasteiger partial charge is 0.257 e. The van der Waals surface area contributed by atoms with Gasteiger partial charge >= 0.3 is 0 Å². The molecule has 0 N–H and O–H groups in total. The highest BCUT2D eigenvalue weighted by molar-refractivity contribution is 5.96. The van der Waals surface area contributed by atoms with Gasteiger partial charge in [0.05, 0.1) is 23.2 Å². The van der Waals surface area contributed by atoms with E-state index in [0.29, 0.717) is 18.7 Å². The number of nitrogens with zero attached hydrogens (tertiary/aromatic N) is 4. The number of rotatable bonds is 4. The summed E-state index contributed by atoms with van der Waals surface area (Å²) in [6.45, 7) is 8.51. The molecule has 0 fully saturated rings. The van der Waals surface area contributed by atoms with E-state index in [1.807, 2.05) is 34.7 Å². The Bertz CT molecular complexity index is 484. The Hall–Kier alpha value is -1.83. The lowest BCUT2D eigenvalue weighted by molar-refractivity contribution is 0.0751. The molecular formula is C13H20N4O. The molecule has 0 aliphatic carbocycles. The fraction of sp³-hybridized carbons (Fsp3) is 0.615. The van der Waals surface area contributed by atoms with Crippen LogP contribution in [0, 0.1) is 31.1 Å². The molecule has 0 aromatic carbocycles. The third-order valence-corrected chi connectivity index (χ3v) is 3.11. The summed E-state index contributed by atoms with van der Waals surface area (Å²) in [4.78, 5) is 14.1. The molecule has 98 valence electrons. The summed E-state index contributed by atoms with van der Waals surface area (Å²) in [6, 6.07) is 2.16. The topological polar surface area (TPSA) is 61.9 Å². The second-order valence-electron chi connectivity index (χ2n) is 4.54. The van der Waals surface area contributed by atoms with Crippen LogP contribution in [-0.4, -0.2) is 33.7 Å². The van der Waals surface area contributed by atoms with Crippen LogP contribution in [0.4, 0.5) is 0 Å². The van der Waals surface area contributed by atoms with Crippen molar-refractivity contribution in [2.24, 2.45) is 13.0 Å². The summed E-state index contributed by atoms with van der Waals surface area (Å²) in [6.07, 6.45) is 0. The maximum absolute atomic E-state index is 12.4. The first kappa shape index (κ1) is 14.2. The van der Waals surface area contributed by atoms with Crippen LogP contribution >= 0.6 is 0 Å². The van der Waals surface area contributed by atoms with Gasteiger partial charge in [-0.2, -0.15) is 10.4 Å². The predicted octanol–water partition coefficient (Wildman–Crippen LogP) is 1.66. The average Bonchev–Trinajstić information content (AvgIpc) is 2.59. The van der Waals surface area contributed by atoms with E-state index >= 15 is 0 Å². The average molecular weight is 248 g/mol. The number of aryl methyl sites for hydroxylation is 2. The Kier molecular flexibility index (Phi) is 4.49. The molecule has 0 saturated heterocycles. The lowest BCUT2D eigenvalue weighted by atomic mass is 10.1. The highest BCUT2D eigenvalue weighted by Crippen LogP contribution is 2.15. The van der Waals surface area contributed by atoms with Crippen molar-refractivity contribution in [2.45, 2.75) is 27.7 Å². The van der Waals surface area contributed by atoms with E-state index in [4.69, 9.17) is 5.26 Å². The van der Waals surface area contributed by atoms with Crippen LogP contribution in [0.2, 0.25) is 0 Å². The number of hydrogen-bond donors (Lipinski definition) is 0. The first-order valence-corrected chi connectivity index (χ1v) is 6.11. The Morgan fingerprint density at radius 3 is 2.56 bits per heavy atom. The van der Waals surface area contributed by atoms with Crippen LogP contribution in [0.15, 0.2) is 0 Å². The molecule has 0 spiro atoms. The Labute approximate surface area is 108 Å². The van der Waals surface area contributed by atoms with Gasteiger partial charge in [0.25, 0.3) is 5.91 Å². The minimum Gasteiger partial charge on any atom is -0.338 e. The van der Waals surface area contributed by atoms with Gasteiger partial charge in [0.15, 0.2) is 0 Å². The molecule has 1 aromatic heterocycles. The number of nitriles is 1. The van der Waals surface area contributed by atoms with Gasteiger partial charge in [0, 0.05) is 25.8 Å². The summed E-state index contributed by atoms with van der Waals surface area (Å²) >= 11 is 0. The molecule has 0 aliphatic heterocycles. The van der Waals surface area contributed by atoms with Crippen molar-refractivity contribution in [3.63, 3.8) is 0 Å². The van der Waals surface area contributed by atoms with Crippen molar-refractivity contribution in [1.29, 1.82) is 5.26 Å². The summed E-state index contributed by atoms with van der Waals surface area (Å²) < 4.78 is 1.71.